The normalized spacial score (nSPS) is 11.7. The van der Waals surface area contributed by atoms with Gasteiger partial charge in [0.2, 0.25) is 0 Å². The summed E-state index contributed by atoms with van der Waals surface area (Å²) in [6.07, 6.45) is 4.97. The van der Waals surface area contributed by atoms with Crippen molar-refractivity contribution in [1.29, 1.82) is 5.26 Å². The zero-order chi connectivity index (χ0) is 36.2. The van der Waals surface area contributed by atoms with Gasteiger partial charge in [0.05, 0.1) is 32.8 Å². The van der Waals surface area contributed by atoms with Gasteiger partial charge in [-0.05, 0) is 87.4 Å². The molecule has 0 radical (unpaired) electrons. The number of nitriles is 1. The van der Waals surface area contributed by atoms with Gasteiger partial charge in [-0.15, -0.1) is 0 Å². The molecule has 0 saturated heterocycles. The van der Waals surface area contributed by atoms with Gasteiger partial charge in [0.1, 0.15) is 47.9 Å². The van der Waals surface area contributed by atoms with Crippen molar-refractivity contribution in [3.05, 3.63) is 143 Å². The third-order valence-corrected chi connectivity index (χ3v) is 9.98. The molecule has 0 aromatic carbocycles. The molecule has 7 aromatic heterocycles. The molecule has 9 heterocycles. The van der Waals surface area contributed by atoms with Crippen molar-refractivity contribution >= 4 is 78.6 Å². The summed E-state index contributed by atoms with van der Waals surface area (Å²) >= 11 is 11.2. The molecule has 257 valence electrons. The fourth-order valence-electron chi connectivity index (χ4n) is 5.90. The van der Waals surface area contributed by atoms with Crippen LogP contribution in [0.25, 0.3) is 45.0 Å². The Morgan fingerprint density at radius 2 is 1.25 bits per heavy atom. The first kappa shape index (κ1) is 36.7. The summed E-state index contributed by atoms with van der Waals surface area (Å²) in [4.78, 5) is 39.0. The van der Waals surface area contributed by atoms with E-state index in [1.165, 1.54) is 11.3 Å². The summed E-state index contributed by atoms with van der Waals surface area (Å²) in [5, 5.41) is 17.2. The number of halogens is 3. The zero-order valence-electron chi connectivity index (χ0n) is 26.4. The van der Waals surface area contributed by atoms with Crippen molar-refractivity contribution in [3.63, 3.8) is 0 Å². The van der Waals surface area contributed by atoms with Crippen LogP contribution in [-0.4, -0.2) is 24.1 Å². The van der Waals surface area contributed by atoms with Crippen molar-refractivity contribution in [3.8, 4) is 62.6 Å². The fraction of sp³-hybridized carbons (Fsp3) is 0.0556. The van der Waals surface area contributed by atoms with Gasteiger partial charge in [-0.3, -0.25) is 28.7 Å². The van der Waals surface area contributed by atoms with E-state index < -0.39 is 0 Å². The number of rotatable bonds is 3. The molecule has 0 N–H and O–H groups in total. The predicted octanol–water partition coefficient (Wildman–Crippen LogP) is 9.17. The summed E-state index contributed by atoms with van der Waals surface area (Å²) in [6, 6.07) is 20.4. The summed E-state index contributed by atoms with van der Waals surface area (Å²) < 4.78 is 15.5. The average molecular weight is 1050 g/mol. The summed E-state index contributed by atoms with van der Waals surface area (Å²) in [7, 11) is 0.628. The first-order chi connectivity index (χ1) is 25.4. The van der Waals surface area contributed by atoms with Crippen LogP contribution in [0.2, 0.25) is 0 Å². The van der Waals surface area contributed by atoms with Gasteiger partial charge in [0.15, 0.2) is 0 Å². The van der Waals surface area contributed by atoms with Crippen LogP contribution in [0, 0.1) is 11.3 Å². The summed E-state index contributed by atoms with van der Waals surface area (Å²) in [5.41, 5.74) is 7.19. The number of thiophene rings is 2. The second-order valence-electron chi connectivity index (χ2n) is 10.9. The number of hydrogen-bond acceptors (Lipinski definition) is 10. The van der Waals surface area contributed by atoms with E-state index in [1.54, 1.807) is 57.3 Å². The van der Waals surface area contributed by atoms with Gasteiger partial charge in [-0.25, -0.2) is 4.98 Å². The van der Waals surface area contributed by atoms with Gasteiger partial charge in [0.25, 0.3) is 11.1 Å². The van der Waals surface area contributed by atoms with Gasteiger partial charge in [0, 0.05) is 46.0 Å². The molecule has 0 amide bonds. The second-order valence-corrected chi connectivity index (χ2v) is 25.1. The van der Waals surface area contributed by atoms with Gasteiger partial charge in [-0.2, -0.15) is 27.9 Å². The molecule has 10 nitrogen and oxygen atoms in total. The Bertz CT molecular complexity index is 2580. The molecule has 0 bridgehead atoms. The molecule has 16 heteroatoms. The first-order valence-corrected chi connectivity index (χ1v) is 26.9. The summed E-state index contributed by atoms with van der Waals surface area (Å²) in [6.45, 7) is 0.615. The predicted molar refractivity (Wildman–Crippen MR) is 219 cm³/mol. The molecule has 2 aliphatic heterocycles. The van der Waals surface area contributed by atoms with Crippen molar-refractivity contribution in [2.45, 2.75) is 13.2 Å². The van der Waals surface area contributed by atoms with E-state index in [9.17, 15) is 14.9 Å². The minimum atomic E-state index is -0.218. The van der Waals surface area contributed by atoms with Crippen LogP contribution >= 0.6 is 78.6 Å². The Morgan fingerprint density at radius 3 is 1.79 bits per heavy atom. The first-order valence-electron chi connectivity index (χ1n) is 15.2. The second kappa shape index (κ2) is 16.6. The molecule has 2 aliphatic rings. The number of aromatic nitrogens is 5. The van der Waals surface area contributed by atoms with E-state index in [0.29, 0.717) is 43.1 Å². The standard InChI is InChI=1S/C21H12N4O2S.C15H9BrN2O2S.2HI.V/c22-10-17-14(3-1-6-23-17)15-9-16-18(11-27-19-4-2-7-24-20(16)19)25(21(15)26)13-5-8-28-12-13;16-11-6-10-12(7-20-13-2-1-4-17-14(10)13)18(15(11)19)9-3-5-21-8-9;;;/h1-9,12H,11H2;1-6,8H,7H2;2*1H;/q;;;;+2/p-2. The van der Waals surface area contributed by atoms with E-state index in [0.717, 1.165) is 45.3 Å². The monoisotopic (exact) mass is 1050 g/mol. The third kappa shape index (κ3) is 7.17. The Hall–Kier alpha value is -3.64. The fourth-order valence-corrected chi connectivity index (χ4v) is 7.55. The Labute approximate surface area is 342 Å². The van der Waals surface area contributed by atoms with Crippen LogP contribution in [0.15, 0.2) is 115 Å². The van der Waals surface area contributed by atoms with Crippen LogP contribution in [0.4, 0.5) is 0 Å². The molecular formula is C36H21BrI2N6O4S2V. The molecular weight excluding hydrogens is 1030 g/mol. The molecule has 0 unspecified atom stereocenters. The van der Waals surface area contributed by atoms with Crippen LogP contribution in [-0.2, 0) is 22.7 Å². The Balaban J connectivity index is 0.000000156. The van der Waals surface area contributed by atoms with Crippen LogP contribution in [0.3, 0.4) is 0 Å². The maximum atomic E-state index is 13.5. The molecule has 52 heavy (non-hydrogen) atoms. The number of ether oxygens (including phenoxy) is 2. The van der Waals surface area contributed by atoms with Gasteiger partial charge < -0.3 is 9.47 Å². The molecule has 0 atom stereocenters. The molecule has 9 rings (SSSR count). The molecule has 0 fully saturated rings. The van der Waals surface area contributed by atoms with E-state index >= 15 is 0 Å². The minimum absolute atomic E-state index is 0.0878. The average Bonchev–Trinajstić information content (AvgIpc) is 3.92. The van der Waals surface area contributed by atoms with E-state index in [4.69, 9.17) is 9.47 Å². The van der Waals surface area contributed by atoms with Crippen molar-refractivity contribution in [2.24, 2.45) is 0 Å². The molecule has 7 aromatic rings. The van der Waals surface area contributed by atoms with E-state index in [1.807, 2.05) is 64.0 Å². The van der Waals surface area contributed by atoms with Crippen molar-refractivity contribution < 1.29 is 18.9 Å². The summed E-state index contributed by atoms with van der Waals surface area (Å²) in [5.74, 6) is 1.41. The molecule has 0 saturated carbocycles. The Morgan fingerprint density at radius 1 is 0.731 bits per heavy atom. The molecule has 0 aliphatic carbocycles. The number of fused-ring (bicyclic) bond motifs is 6. The van der Waals surface area contributed by atoms with Gasteiger partial charge in [-0.1, -0.05) is 0 Å². The molecule has 0 spiro atoms. The number of pyridine rings is 5. The number of nitrogens with zero attached hydrogens (tertiary/aromatic N) is 6. The quantitative estimate of drug-likeness (QED) is 0.161. The van der Waals surface area contributed by atoms with E-state index in [2.05, 4.69) is 76.9 Å². The topological polar surface area (TPSA) is 125 Å². The van der Waals surface area contributed by atoms with Crippen LogP contribution in [0.5, 0.6) is 11.5 Å². The van der Waals surface area contributed by atoms with Crippen molar-refractivity contribution in [1.82, 2.24) is 24.1 Å². The van der Waals surface area contributed by atoms with Crippen LogP contribution in [0.1, 0.15) is 17.1 Å². The van der Waals surface area contributed by atoms with Crippen LogP contribution < -0.4 is 20.6 Å². The third-order valence-electron chi connectivity index (χ3n) is 8.08. The van der Waals surface area contributed by atoms with E-state index in [-0.39, 0.29) is 23.4 Å². The number of hydrogen-bond donors (Lipinski definition) is 0. The van der Waals surface area contributed by atoms with Gasteiger partial charge >= 0.3 is 49.4 Å². The Kier molecular flexibility index (Phi) is 11.7. The van der Waals surface area contributed by atoms with Crippen molar-refractivity contribution in [2.75, 3.05) is 0 Å². The maximum absolute atomic E-state index is 13.5. The SMILES string of the molecule is N#Cc1ncccc1-c1cc2c(n(-c3ccsc3)c1=O)COc1cccnc1-2.O=c1c(Br)cc2c(n1-c1ccsc1)COc1cccnc1-2.[I][V][I]. The zero-order valence-corrected chi connectivity index (χ0v) is 35.4.